The van der Waals surface area contributed by atoms with E-state index >= 15 is 0 Å². The molecule has 0 unspecified atom stereocenters. The van der Waals surface area contributed by atoms with E-state index in [0.29, 0.717) is 0 Å². The number of aromatic nitrogens is 3. The number of hydrogen-bond acceptors (Lipinski definition) is 2. The lowest BCUT2D eigenvalue weighted by Crippen LogP contribution is -2.13. The van der Waals surface area contributed by atoms with Gasteiger partial charge in [-0.1, -0.05) is 0 Å². The van der Waals surface area contributed by atoms with Crippen LogP contribution in [-0.2, 0) is 6.42 Å². The molecule has 0 saturated heterocycles. The van der Waals surface area contributed by atoms with Crippen LogP contribution in [0.5, 0.6) is 0 Å². The summed E-state index contributed by atoms with van der Waals surface area (Å²) in [5, 5.41) is 9.14. The van der Waals surface area contributed by atoms with Crippen LogP contribution in [0.1, 0.15) is 12.6 Å². The number of H-pyrrole nitrogens is 1. The second-order valence-corrected chi connectivity index (χ2v) is 2.21. The van der Waals surface area contributed by atoms with E-state index in [4.69, 9.17) is 0 Å². The van der Waals surface area contributed by atoms with Gasteiger partial charge in [-0.15, -0.1) is 0 Å². The van der Waals surface area contributed by atoms with Gasteiger partial charge in [-0.05, 0) is 6.92 Å². The number of alkyl halides is 2. The van der Waals surface area contributed by atoms with Crippen molar-refractivity contribution < 1.29 is 8.78 Å². The monoisotopic (exact) mass is 147 g/mol. The number of nitrogens with zero attached hydrogens (tertiary/aromatic N) is 2. The molecule has 0 radical (unpaired) electrons. The van der Waals surface area contributed by atoms with E-state index in [0.717, 1.165) is 6.92 Å². The zero-order chi connectivity index (χ0) is 7.61. The molecular formula is C5H7F2N3. The molecule has 1 heterocycles. The first-order chi connectivity index (χ1) is 4.58. The fraction of sp³-hybridized carbons (Fsp3) is 0.600. The molecule has 5 heteroatoms. The first kappa shape index (κ1) is 7.11. The van der Waals surface area contributed by atoms with Gasteiger partial charge in [0.1, 0.15) is 0 Å². The summed E-state index contributed by atoms with van der Waals surface area (Å²) in [5.41, 5.74) is 0.285. The maximum absolute atomic E-state index is 12.2. The summed E-state index contributed by atoms with van der Waals surface area (Å²) in [7, 11) is 0. The smallest absolute Gasteiger partial charge is 0.207 e. The van der Waals surface area contributed by atoms with Crippen molar-refractivity contribution in [3.8, 4) is 0 Å². The molecule has 0 fully saturated rings. The van der Waals surface area contributed by atoms with Crippen LogP contribution >= 0.6 is 0 Å². The van der Waals surface area contributed by atoms with Gasteiger partial charge in [0, 0.05) is 0 Å². The Balaban J connectivity index is 2.57. The lowest BCUT2D eigenvalue weighted by molar-refractivity contribution is 0.0216. The van der Waals surface area contributed by atoms with Crippen LogP contribution in [0.2, 0.25) is 0 Å². The summed E-state index contributed by atoms with van der Waals surface area (Å²) in [6, 6.07) is 0. The molecule has 0 bridgehead atoms. The Morgan fingerprint density at radius 1 is 1.70 bits per heavy atom. The Bertz CT molecular complexity index is 189. The van der Waals surface area contributed by atoms with Gasteiger partial charge in [0.15, 0.2) is 0 Å². The van der Waals surface area contributed by atoms with Gasteiger partial charge in [-0.2, -0.15) is 15.4 Å². The second-order valence-electron chi connectivity index (χ2n) is 2.21. The molecule has 0 aliphatic rings. The van der Waals surface area contributed by atoms with E-state index in [-0.39, 0.29) is 12.1 Å². The van der Waals surface area contributed by atoms with Crippen LogP contribution in [0.25, 0.3) is 0 Å². The lowest BCUT2D eigenvalue weighted by Gasteiger charge is -2.05. The van der Waals surface area contributed by atoms with E-state index in [1.807, 2.05) is 0 Å². The van der Waals surface area contributed by atoms with Crippen molar-refractivity contribution in [2.75, 3.05) is 0 Å². The summed E-state index contributed by atoms with van der Waals surface area (Å²) >= 11 is 0. The second kappa shape index (κ2) is 2.32. The van der Waals surface area contributed by atoms with E-state index in [9.17, 15) is 8.78 Å². The number of halogens is 2. The summed E-state index contributed by atoms with van der Waals surface area (Å²) in [6.07, 6.45) is 0.931. The average Bonchev–Trinajstić information content (AvgIpc) is 2.12. The molecule has 0 saturated carbocycles. The minimum absolute atomic E-state index is 0.285. The topological polar surface area (TPSA) is 41.6 Å². The third kappa shape index (κ3) is 2.08. The van der Waals surface area contributed by atoms with Crippen molar-refractivity contribution in [1.82, 2.24) is 15.4 Å². The minimum Gasteiger partial charge on any atom is -0.207 e. The van der Waals surface area contributed by atoms with Gasteiger partial charge in [0.2, 0.25) is 0 Å². The highest BCUT2D eigenvalue weighted by molar-refractivity contribution is 4.93. The minimum atomic E-state index is -2.70. The quantitative estimate of drug-likeness (QED) is 0.678. The molecule has 0 amide bonds. The van der Waals surface area contributed by atoms with Crippen LogP contribution in [0, 0.1) is 0 Å². The maximum atomic E-state index is 12.2. The van der Waals surface area contributed by atoms with Gasteiger partial charge < -0.3 is 0 Å². The highest BCUT2D eigenvalue weighted by Crippen LogP contribution is 2.16. The molecule has 0 atom stereocenters. The number of nitrogens with one attached hydrogen (secondary N) is 1. The maximum Gasteiger partial charge on any atom is 0.251 e. The molecule has 0 aliphatic carbocycles. The molecule has 1 N–H and O–H groups in total. The van der Waals surface area contributed by atoms with E-state index in [2.05, 4.69) is 15.4 Å². The average molecular weight is 147 g/mol. The molecule has 3 nitrogen and oxygen atoms in total. The summed E-state index contributed by atoms with van der Waals surface area (Å²) < 4.78 is 24.4. The molecule has 0 spiro atoms. The molecule has 0 aromatic carbocycles. The predicted molar refractivity (Wildman–Crippen MR) is 30.7 cm³/mol. The molecule has 1 aromatic rings. The Morgan fingerprint density at radius 2 is 2.40 bits per heavy atom. The lowest BCUT2D eigenvalue weighted by atomic mass is 10.2. The third-order valence-corrected chi connectivity index (χ3v) is 0.956. The first-order valence-corrected chi connectivity index (χ1v) is 2.80. The summed E-state index contributed by atoms with van der Waals surface area (Å²) in [4.78, 5) is 0. The number of rotatable bonds is 2. The Hall–Kier alpha value is -1.00. The summed E-state index contributed by atoms with van der Waals surface area (Å²) in [5.74, 6) is -2.70. The molecule has 1 rings (SSSR count). The first-order valence-electron chi connectivity index (χ1n) is 2.80. The number of aromatic amines is 1. The van der Waals surface area contributed by atoms with Crippen LogP contribution in [0.4, 0.5) is 8.78 Å². The van der Waals surface area contributed by atoms with E-state index in [1.54, 1.807) is 0 Å². The van der Waals surface area contributed by atoms with Crippen molar-refractivity contribution in [2.45, 2.75) is 19.3 Å². The van der Waals surface area contributed by atoms with Crippen LogP contribution in [-0.4, -0.2) is 21.3 Å². The zero-order valence-electron chi connectivity index (χ0n) is 5.43. The predicted octanol–water partition coefficient (Wildman–Crippen LogP) is 1.00. The van der Waals surface area contributed by atoms with Crippen molar-refractivity contribution >= 4 is 0 Å². The van der Waals surface area contributed by atoms with Crippen molar-refractivity contribution in [2.24, 2.45) is 0 Å². The Labute approximate surface area is 56.4 Å². The molecule has 56 valence electrons. The zero-order valence-corrected chi connectivity index (χ0v) is 5.43. The third-order valence-electron chi connectivity index (χ3n) is 0.956. The van der Waals surface area contributed by atoms with E-state index < -0.39 is 5.92 Å². The van der Waals surface area contributed by atoms with Crippen molar-refractivity contribution in [1.29, 1.82) is 0 Å². The Morgan fingerprint density at radius 3 is 2.80 bits per heavy atom. The molecular weight excluding hydrogens is 140 g/mol. The largest absolute Gasteiger partial charge is 0.251 e. The van der Waals surface area contributed by atoms with E-state index in [1.165, 1.54) is 6.20 Å². The number of hydrogen-bond donors (Lipinski definition) is 1. The van der Waals surface area contributed by atoms with Gasteiger partial charge >= 0.3 is 0 Å². The van der Waals surface area contributed by atoms with Gasteiger partial charge in [0.25, 0.3) is 5.92 Å². The van der Waals surface area contributed by atoms with Gasteiger partial charge in [-0.25, -0.2) is 8.78 Å². The standard InChI is InChI=1S/C5H7F2N3/c1-5(6,7)2-4-3-8-10-9-4/h3H,2H2,1H3,(H,8,9,10). The van der Waals surface area contributed by atoms with Crippen molar-refractivity contribution in [3.05, 3.63) is 11.9 Å². The van der Waals surface area contributed by atoms with Crippen LogP contribution in [0.3, 0.4) is 0 Å². The highest BCUT2D eigenvalue weighted by Gasteiger charge is 2.22. The summed E-state index contributed by atoms with van der Waals surface area (Å²) in [6.45, 7) is 0.849. The van der Waals surface area contributed by atoms with Crippen LogP contribution < -0.4 is 0 Å². The normalized spacial score (nSPS) is 11.9. The molecule has 0 aliphatic heterocycles. The SMILES string of the molecule is CC(F)(F)Cc1cn[nH]n1. The molecule has 10 heavy (non-hydrogen) atoms. The Kier molecular flexibility index (Phi) is 1.65. The van der Waals surface area contributed by atoms with Crippen molar-refractivity contribution in [3.63, 3.8) is 0 Å². The van der Waals surface area contributed by atoms with Gasteiger partial charge in [0.05, 0.1) is 18.3 Å². The fourth-order valence-electron chi connectivity index (χ4n) is 0.629. The van der Waals surface area contributed by atoms with Crippen LogP contribution in [0.15, 0.2) is 6.20 Å². The fourth-order valence-corrected chi connectivity index (χ4v) is 0.629. The highest BCUT2D eigenvalue weighted by atomic mass is 19.3. The molecule has 1 aromatic heterocycles. The van der Waals surface area contributed by atoms with Gasteiger partial charge in [-0.3, -0.25) is 0 Å².